The zero-order chi connectivity index (χ0) is 14.1. The second-order valence-corrected chi connectivity index (χ2v) is 7.26. The van der Waals surface area contributed by atoms with Gasteiger partial charge in [0.25, 0.3) is 0 Å². The summed E-state index contributed by atoms with van der Waals surface area (Å²) in [4.78, 5) is 4.96. The van der Waals surface area contributed by atoms with E-state index in [-0.39, 0.29) is 11.1 Å². The molecule has 2 atom stereocenters. The number of rotatable bonds is 4. The highest BCUT2D eigenvalue weighted by Crippen LogP contribution is 2.36. The highest BCUT2D eigenvalue weighted by molar-refractivity contribution is 4.99. The Morgan fingerprint density at radius 3 is 2.68 bits per heavy atom. The molecule has 0 aromatic rings. The molecule has 0 aromatic carbocycles. The number of hydrogen-bond acceptors (Lipinski definition) is 4. The molecule has 19 heavy (non-hydrogen) atoms. The van der Waals surface area contributed by atoms with Crippen LogP contribution in [0.15, 0.2) is 0 Å². The minimum atomic E-state index is -0.0433. The third-order valence-corrected chi connectivity index (χ3v) is 5.03. The Hall–Kier alpha value is -0.160. The summed E-state index contributed by atoms with van der Waals surface area (Å²) < 4.78 is 5.87. The molecule has 2 saturated heterocycles. The van der Waals surface area contributed by atoms with Crippen LogP contribution in [-0.4, -0.2) is 67.8 Å². The zero-order valence-electron chi connectivity index (χ0n) is 13.1. The van der Waals surface area contributed by atoms with Crippen LogP contribution in [0.25, 0.3) is 0 Å². The Balaban J connectivity index is 1.99. The SMILES string of the molecule is CN1CCC(CN(C)C2(CN)CCOC(C)(C)C2)C1. The quantitative estimate of drug-likeness (QED) is 0.831. The topological polar surface area (TPSA) is 41.7 Å². The van der Waals surface area contributed by atoms with Gasteiger partial charge in [0.05, 0.1) is 5.60 Å². The van der Waals surface area contributed by atoms with E-state index in [1.165, 1.54) is 19.5 Å². The molecule has 0 spiro atoms. The number of likely N-dealkylation sites (N-methyl/N-ethyl adjacent to an activating group) is 1. The molecule has 0 amide bonds. The first-order valence-corrected chi connectivity index (χ1v) is 7.61. The van der Waals surface area contributed by atoms with Crippen molar-refractivity contribution in [2.24, 2.45) is 11.7 Å². The van der Waals surface area contributed by atoms with Crippen LogP contribution in [0.3, 0.4) is 0 Å². The van der Waals surface area contributed by atoms with Crippen LogP contribution >= 0.6 is 0 Å². The van der Waals surface area contributed by atoms with Crippen LogP contribution in [0.2, 0.25) is 0 Å². The van der Waals surface area contributed by atoms with Gasteiger partial charge in [-0.3, -0.25) is 4.90 Å². The van der Waals surface area contributed by atoms with Crippen molar-refractivity contribution in [1.29, 1.82) is 0 Å². The van der Waals surface area contributed by atoms with Gasteiger partial charge in [0.15, 0.2) is 0 Å². The Bertz CT molecular complexity index is 308. The second-order valence-electron chi connectivity index (χ2n) is 7.26. The van der Waals surface area contributed by atoms with E-state index < -0.39 is 0 Å². The van der Waals surface area contributed by atoms with Crippen LogP contribution in [-0.2, 0) is 4.74 Å². The lowest BCUT2D eigenvalue weighted by Crippen LogP contribution is -2.60. The van der Waals surface area contributed by atoms with Crippen LogP contribution in [0, 0.1) is 5.92 Å². The summed E-state index contributed by atoms with van der Waals surface area (Å²) >= 11 is 0. The Kier molecular flexibility index (Phi) is 4.56. The number of hydrogen-bond donors (Lipinski definition) is 1. The molecule has 2 rings (SSSR count). The Labute approximate surface area is 118 Å². The lowest BCUT2D eigenvalue weighted by molar-refractivity contribution is -0.115. The fraction of sp³-hybridized carbons (Fsp3) is 1.00. The molecule has 2 N–H and O–H groups in total. The van der Waals surface area contributed by atoms with Crippen LogP contribution in [0.5, 0.6) is 0 Å². The van der Waals surface area contributed by atoms with Gasteiger partial charge in [-0.2, -0.15) is 0 Å². The first-order chi connectivity index (χ1) is 8.87. The van der Waals surface area contributed by atoms with Crippen molar-refractivity contribution in [3.63, 3.8) is 0 Å². The van der Waals surface area contributed by atoms with Crippen molar-refractivity contribution in [3.05, 3.63) is 0 Å². The molecule has 4 nitrogen and oxygen atoms in total. The van der Waals surface area contributed by atoms with Crippen molar-refractivity contribution in [2.45, 2.75) is 44.2 Å². The molecular weight excluding hydrogens is 238 g/mol. The number of ether oxygens (including phenoxy) is 1. The van der Waals surface area contributed by atoms with Gasteiger partial charge in [-0.1, -0.05) is 0 Å². The lowest BCUT2D eigenvalue weighted by Gasteiger charge is -2.50. The molecular formula is C15H31N3O. The summed E-state index contributed by atoms with van der Waals surface area (Å²) in [7, 11) is 4.48. The molecule has 2 heterocycles. The van der Waals surface area contributed by atoms with E-state index in [0.29, 0.717) is 0 Å². The maximum Gasteiger partial charge on any atom is 0.0644 e. The summed E-state index contributed by atoms with van der Waals surface area (Å²) in [6.07, 6.45) is 3.42. The van der Waals surface area contributed by atoms with Crippen molar-refractivity contribution >= 4 is 0 Å². The predicted octanol–water partition coefficient (Wildman–Crippen LogP) is 1.16. The number of nitrogens with zero attached hydrogens (tertiary/aromatic N) is 2. The fourth-order valence-corrected chi connectivity index (χ4v) is 3.86. The van der Waals surface area contributed by atoms with E-state index in [9.17, 15) is 0 Å². The summed E-state index contributed by atoms with van der Waals surface area (Å²) in [5.74, 6) is 0.796. The molecule has 2 aliphatic rings. The minimum Gasteiger partial charge on any atom is -0.375 e. The van der Waals surface area contributed by atoms with E-state index in [2.05, 4.69) is 37.7 Å². The van der Waals surface area contributed by atoms with E-state index in [4.69, 9.17) is 10.5 Å². The molecule has 0 radical (unpaired) electrons. The fourth-order valence-electron chi connectivity index (χ4n) is 3.86. The molecule has 0 saturated carbocycles. The normalized spacial score (nSPS) is 36.0. The highest BCUT2D eigenvalue weighted by Gasteiger charge is 2.43. The molecule has 2 aliphatic heterocycles. The van der Waals surface area contributed by atoms with Crippen LogP contribution in [0.4, 0.5) is 0 Å². The minimum absolute atomic E-state index is 0.0433. The highest BCUT2D eigenvalue weighted by atomic mass is 16.5. The molecule has 112 valence electrons. The first kappa shape index (κ1) is 15.2. The van der Waals surface area contributed by atoms with Gasteiger partial charge in [-0.15, -0.1) is 0 Å². The zero-order valence-corrected chi connectivity index (χ0v) is 13.1. The van der Waals surface area contributed by atoms with Gasteiger partial charge in [0, 0.05) is 31.8 Å². The Morgan fingerprint density at radius 1 is 1.42 bits per heavy atom. The van der Waals surface area contributed by atoms with Crippen molar-refractivity contribution in [3.8, 4) is 0 Å². The molecule has 4 heteroatoms. The summed E-state index contributed by atoms with van der Waals surface area (Å²) in [5.41, 5.74) is 6.24. The lowest BCUT2D eigenvalue weighted by atomic mass is 9.79. The molecule has 0 bridgehead atoms. The molecule has 0 aromatic heterocycles. The van der Waals surface area contributed by atoms with Gasteiger partial charge >= 0.3 is 0 Å². The first-order valence-electron chi connectivity index (χ1n) is 7.61. The van der Waals surface area contributed by atoms with Crippen LogP contribution in [0.1, 0.15) is 33.1 Å². The summed E-state index contributed by atoms with van der Waals surface area (Å²) in [6, 6.07) is 0. The van der Waals surface area contributed by atoms with Gasteiger partial charge in [-0.05, 0) is 59.7 Å². The van der Waals surface area contributed by atoms with Crippen molar-refractivity contribution in [1.82, 2.24) is 9.80 Å². The average molecular weight is 269 g/mol. The molecule has 2 unspecified atom stereocenters. The van der Waals surface area contributed by atoms with E-state index in [1.807, 2.05) is 0 Å². The maximum atomic E-state index is 6.15. The molecule has 0 aliphatic carbocycles. The molecule has 2 fully saturated rings. The second kappa shape index (κ2) is 5.68. The number of nitrogens with two attached hydrogens (primary N) is 1. The summed E-state index contributed by atoms with van der Waals surface area (Å²) in [6.45, 7) is 9.57. The van der Waals surface area contributed by atoms with Crippen molar-refractivity contribution < 1.29 is 4.74 Å². The average Bonchev–Trinajstić information content (AvgIpc) is 2.73. The van der Waals surface area contributed by atoms with Crippen LogP contribution < -0.4 is 5.73 Å². The van der Waals surface area contributed by atoms with E-state index in [0.717, 1.165) is 38.5 Å². The Morgan fingerprint density at radius 2 is 2.16 bits per heavy atom. The number of likely N-dealkylation sites (tertiary alicyclic amines) is 1. The van der Waals surface area contributed by atoms with E-state index in [1.54, 1.807) is 0 Å². The van der Waals surface area contributed by atoms with Crippen molar-refractivity contribution in [2.75, 3.05) is 46.9 Å². The third-order valence-electron chi connectivity index (χ3n) is 5.03. The predicted molar refractivity (Wildman–Crippen MR) is 79.3 cm³/mol. The maximum absolute atomic E-state index is 6.15. The largest absolute Gasteiger partial charge is 0.375 e. The standard InChI is InChI=1S/C15H31N3O/c1-14(2)11-15(12-16,6-8-19-14)18(4)10-13-5-7-17(3)9-13/h13H,5-12,16H2,1-4H3. The monoisotopic (exact) mass is 269 g/mol. The van der Waals surface area contributed by atoms with Gasteiger partial charge in [0.1, 0.15) is 0 Å². The van der Waals surface area contributed by atoms with Gasteiger partial charge in [0.2, 0.25) is 0 Å². The van der Waals surface area contributed by atoms with Gasteiger partial charge in [-0.25, -0.2) is 0 Å². The summed E-state index contributed by atoms with van der Waals surface area (Å²) in [5, 5.41) is 0. The smallest absolute Gasteiger partial charge is 0.0644 e. The van der Waals surface area contributed by atoms with E-state index >= 15 is 0 Å². The third kappa shape index (κ3) is 3.48. The van der Waals surface area contributed by atoms with Gasteiger partial charge < -0.3 is 15.4 Å².